The number of nitrogens with zero attached hydrogens (tertiary/aromatic N) is 3. The summed E-state index contributed by atoms with van der Waals surface area (Å²) in [6.45, 7) is 49.2. The molecule has 0 aromatic heterocycles. The summed E-state index contributed by atoms with van der Waals surface area (Å²) in [5.74, 6) is 0. The highest BCUT2D eigenvalue weighted by Gasteiger charge is 2.19. The predicted molar refractivity (Wildman–Crippen MR) is 162 cm³/mol. The summed E-state index contributed by atoms with van der Waals surface area (Å²) < 4.78 is 11.8. The largest absolute Gasteiger partial charge is 0.822 e. The molecule has 0 spiro atoms. The van der Waals surface area contributed by atoms with Crippen LogP contribution in [0.2, 0.25) is 0 Å². The van der Waals surface area contributed by atoms with Crippen LogP contribution >= 0.6 is 7.82 Å². The van der Waals surface area contributed by atoms with Gasteiger partial charge in [-0.1, -0.05) is 39.5 Å². The Bertz CT molecular complexity index is 557. The third-order valence-electron chi connectivity index (χ3n) is 7.12. The topological polar surface area (TPSA) is 86.2 Å². The van der Waals surface area contributed by atoms with Crippen molar-refractivity contribution >= 4 is 7.82 Å². The molecule has 8 heteroatoms. The van der Waals surface area contributed by atoms with E-state index in [0.29, 0.717) is 0 Å². The monoisotopic (exact) mass is 557 g/mol. The van der Waals surface area contributed by atoms with Gasteiger partial charge in [-0.2, -0.15) is 7.82 Å². The lowest BCUT2D eigenvalue weighted by Gasteiger charge is -2.36. The number of hydrogen-bond donors (Lipinski definition) is 0. The van der Waals surface area contributed by atoms with E-state index in [2.05, 4.69) is 81.0 Å². The molecule has 0 bridgehead atoms. The first-order valence-corrected chi connectivity index (χ1v) is 15.1. The molecular formula is C30H60N3O4P. The lowest BCUT2D eigenvalue weighted by atomic mass is 10.3. The zero-order valence-corrected chi connectivity index (χ0v) is 26.5. The van der Waals surface area contributed by atoms with E-state index in [9.17, 15) is 0 Å². The molecular weight excluding hydrogens is 497 g/mol. The summed E-state index contributed by atoms with van der Waals surface area (Å²) in [4.78, 5) is 25.6. The van der Waals surface area contributed by atoms with Crippen molar-refractivity contribution < 1.29 is 32.7 Å². The highest BCUT2D eigenvalue weighted by molar-refractivity contribution is 7.40. The molecule has 0 heterocycles. The second-order valence-corrected chi connectivity index (χ2v) is 10.1. The van der Waals surface area contributed by atoms with E-state index in [1.54, 1.807) is 0 Å². The van der Waals surface area contributed by atoms with Crippen LogP contribution < -0.4 is 14.7 Å². The van der Waals surface area contributed by atoms with Crippen LogP contribution in [0.15, 0.2) is 75.9 Å². The normalized spacial score (nSPS) is 11.2. The molecule has 0 atom stereocenters. The van der Waals surface area contributed by atoms with E-state index in [4.69, 9.17) is 19.2 Å². The fourth-order valence-corrected chi connectivity index (χ4v) is 4.09. The fraction of sp³-hybridized carbons (Fsp3) is 0.600. The van der Waals surface area contributed by atoms with Crippen molar-refractivity contribution in [2.75, 3.05) is 78.5 Å². The smallest absolute Gasteiger partial charge is 0.0973 e. The molecule has 0 aliphatic carbocycles. The molecule has 0 saturated heterocycles. The maximum Gasteiger partial charge on any atom is 0.0973 e. The highest BCUT2D eigenvalue weighted by atomic mass is 31.2. The molecule has 0 radical (unpaired) electrons. The molecule has 0 aromatic carbocycles. The minimum atomic E-state index is -5.39. The molecule has 0 fully saturated rings. The number of hydrogen-bond acceptors (Lipinski definition) is 4. The average molecular weight is 558 g/mol. The van der Waals surface area contributed by atoms with Crippen LogP contribution in [0, 0.1) is 0 Å². The second-order valence-electron chi connectivity index (χ2n) is 9.20. The van der Waals surface area contributed by atoms with Gasteiger partial charge in [-0.05, 0) is 78.0 Å². The minimum Gasteiger partial charge on any atom is -0.822 e. The molecule has 7 nitrogen and oxygen atoms in total. The number of phosphoric acid groups is 1. The zero-order chi connectivity index (χ0) is 30.7. The van der Waals surface area contributed by atoms with Gasteiger partial charge in [0.25, 0.3) is 0 Å². The van der Waals surface area contributed by atoms with Gasteiger partial charge in [0.05, 0.1) is 78.5 Å². The summed E-state index contributed by atoms with van der Waals surface area (Å²) in [6.07, 6.45) is 12.0. The van der Waals surface area contributed by atoms with Crippen LogP contribution in [-0.4, -0.2) is 92.0 Å². The molecule has 0 amide bonds. The minimum absolute atomic E-state index is 1.05. The Morgan fingerprint density at radius 3 is 0.605 bits per heavy atom. The van der Waals surface area contributed by atoms with E-state index in [0.717, 1.165) is 92.0 Å². The highest BCUT2D eigenvalue weighted by Crippen LogP contribution is 2.07. The summed E-state index contributed by atoms with van der Waals surface area (Å²) >= 11 is 0. The quantitative estimate of drug-likeness (QED) is 0.146. The van der Waals surface area contributed by atoms with E-state index in [1.165, 1.54) is 0 Å². The molecule has 0 aromatic rings. The van der Waals surface area contributed by atoms with Gasteiger partial charge in [-0.15, -0.1) is 0 Å². The Kier molecular flexibility index (Phi) is 29.4. The lowest BCUT2D eigenvalue weighted by Crippen LogP contribution is -2.47. The molecule has 0 N–H and O–H groups in total. The van der Waals surface area contributed by atoms with Crippen LogP contribution in [0.1, 0.15) is 41.5 Å². The van der Waals surface area contributed by atoms with Crippen LogP contribution in [0.25, 0.3) is 0 Å². The van der Waals surface area contributed by atoms with Crippen molar-refractivity contribution in [1.29, 1.82) is 0 Å². The van der Waals surface area contributed by atoms with Crippen LogP contribution in [0.5, 0.6) is 0 Å². The second kappa shape index (κ2) is 25.7. The first-order chi connectivity index (χ1) is 17.7. The van der Waals surface area contributed by atoms with Crippen LogP contribution in [0.4, 0.5) is 0 Å². The van der Waals surface area contributed by atoms with Gasteiger partial charge in [0.2, 0.25) is 0 Å². The Hall–Kier alpha value is -1.57. The summed E-state index contributed by atoms with van der Waals surface area (Å²) in [5, 5.41) is 0. The average Bonchev–Trinajstić information content (AvgIpc) is 2.88. The van der Waals surface area contributed by atoms with Crippen molar-refractivity contribution in [1.82, 2.24) is 0 Å². The van der Waals surface area contributed by atoms with Crippen molar-refractivity contribution in [3.8, 4) is 0 Å². The first-order valence-electron chi connectivity index (χ1n) is 13.7. The van der Waals surface area contributed by atoms with Crippen molar-refractivity contribution in [3.05, 3.63) is 75.9 Å². The number of rotatable bonds is 18. The molecule has 0 unspecified atom stereocenters. The van der Waals surface area contributed by atoms with Gasteiger partial charge in [0.1, 0.15) is 0 Å². The number of quaternary nitrogens is 3. The maximum absolute atomic E-state index is 8.55. The van der Waals surface area contributed by atoms with Gasteiger partial charge in [-0.25, -0.2) is 0 Å². The molecule has 0 rings (SSSR count). The SMILES string of the molecule is C=CC[N+](CC)(CC)CC=C.C=CC[N+](CC)(CC)CC=C.C=CC[N+](CC)(CC)CC=C.O=P([O-])([O-])[O-]. The number of likely N-dealkylation sites (N-methyl/N-ethyl adjacent to an activating group) is 3. The molecule has 38 heavy (non-hydrogen) atoms. The van der Waals surface area contributed by atoms with E-state index in [-0.39, 0.29) is 0 Å². The van der Waals surface area contributed by atoms with Crippen molar-refractivity contribution in [3.63, 3.8) is 0 Å². The predicted octanol–water partition coefficient (Wildman–Crippen LogP) is 3.82. The van der Waals surface area contributed by atoms with Gasteiger partial charge in [0.15, 0.2) is 0 Å². The standard InChI is InChI=1S/3C10H20N.H3O4P/c3*1-5-9-11(7-3,8-4)10-6-2;1-5(2,3)4/h3*5-6H,1-2,7-10H2,3-4H3;(H3,1,2,3,4)/q3*+1;/p-3. The van der Waals surface area contributed by atoms with Crippen LogP contribution in [0.3, 0.4) is 0 Å². The Labute approximate surface area is 236 Å². The van der Waals surface area contributed by atoms with Gasteiger partial charge < -0.3 is 32.7 Å². The van der Waals surface area contributed by atoms with E-state index in [1.807, 2.05) is 36.5 Å². The third kappa shape index (κ3) is 23.5. The summed E-state index contributed by atoms with van der Waals surface area (Å²) in [6, 6.07) is 0. The van der Waals surface area contributed by atoms with Gasteiger partial charge >= 0.3 is 0 Å². The Balaban J connectivity index is -0.000000209. The maximum atomic E-state index is 8.55. The zero-order valence-electron chi connectivity index (χ0n) is 25.6. The molecule has 0 aliphatic heterocycles. The Morgan fingerprint density at radius 1 is 0.447 bits per heavy atom. The molecule has 0 saturated carbocycles. The third-order valence-corrected chi connectivity index (χ3v) is 7.12. The first kappa shape index (κ1) is 43.5. The fourth-order valence-electron chi connectivity index (χ4n) is 4.09. The van der Waals surface area contributed by atoms with Crippen LogP contribution in [-0.2, 0) is 4.57 Å². The van der Waals surface area contributed by atoms with E-state index < -0.39 is 7.82 Å². The summed E-state index contributed by atoms with van der Waals surface area (Å²) in [5.41, 5.74) is 0. The van der Waals surface area contributed by atoms with Gasteiger partial charge in [0, 0.05) is 0 Å². The molecule has 0 aliphatic rings. The lowest BCUT2D eigenvalue weighted by molar-refractivity contribution is -0.914. The van der Waals surface area contributed by atoms with Gasteiger partial charge in [-0.3, -0.25) is 0 Å². The Morgan fingerprint density at radius 2 is 0.553 bits per heavy atom. The van der Waals surface area contributed by atoms with Crippen molar-refractivity contribution in [2.24, 2.45) is 0 Å². The summed E-state index contributed by atoms with van der Waals surface area (Å²) in [7, 11) is -5.39. The van der Waals surface area contributed by atoms with Crippen molar-refractivity contribution in [2.45, 2.75) is 41.5 Å². The molecule has 224 valence electrons. The van der Waals surface area contributed by atoms with E-state index >= 15 is 0 Å².